The lowest BCUT2D eigenvalue weighted by Crippen LogP contribution is -2.11. The minimum absolute atomic E-state index is 0.0820. The normalized spacial score (nSPS) is 11.0. The van der Waals surface area contributed by atoms with E-state index in [4.69, 9.17) is 10.5 Å². The molecular weight excluding hydrogens is 412 g/mol. The first-order valence-corrected chi connectivity index (χ1v) is 9.40. The van der Waals surface area contributed by atoms with Gasteiger partial charge in [-0.3, -0.25) is 4.79 Å². The van der Waals surface area contributed by atoms with Gasteiger partial charge in [0.2, 0.25) is 5.82 Å². The second-order valence-corrected chi connectivity index (χ2v) is 6.89. The number of nitrogens with zero attached hydrogens (tertiary/aromatic N) is 4. The molecule has 0 spiro atoms. The number of carbonyl (C=O) groups is 1. The lowest BCUT2D eigenvalue weighted by atomic mass is 9.99. The number of rotatable bonds is 7. The van der Waals surface area contributed by atoms with E-state index in [9.17, 15) is 4.79 Å². The van der Waals surface area contributed by atoms with Crippen molar-refractivity contribution in [2.75, 3.05) is 13.2 Å². The molecular formula is C18H21BrN6O2. The zero-order chi connectivity index (χ0) is 19.6. The summed E-state index contributed by atoms with van der Waals surface area (Å²) in [6.07, 6.45) is 0. The van der Waals surface area contributed by atoms with E-state index in [2.05, 4.69) is 36.3 Å². The lowest BCUT2D eigenvalue weighted by molar-refractivity contribution is 0.103. The number of ether oxygens (including phenoxy) is 1. The summed E-state index contributed by atoms with van der Waals surface area (Å²) in [7, 11) is 0. The number of hydrogen-bond donors (Lipinski definition) is 2. The minimum atomic E-state index is -0.0820. The molecule has 0 amide bonds. The molecule has 0 bridgehead atoms. The number of tetrazole rings is 1. The topological polar surface area (TPSA) is 112 Å². The van der Waals surface area contributed by atoms with E-state index in [1.54, 1.807) is 18.2 Å². The Balaban J connectivity index is 1.94. The van der Waals surface area contributed by atoms with Crippen molar-refractivity contribution in [3.63, 3.8) is 0 Å². The summed E-state index contributed by atoms with van der Waals surface area (Å²) >= 11 is 3.45. The van der Waals surface area contributed by atoms with Gasteiger partial charge in [-0.1, -0.05) is 0 Å². The average Bonchev–Trinajstić information content (AvgIpc) is 3.24. The number of aromatic amines is 1. The summed E-state index contributed by atoms with van der Waals surface area (Å²) in [6, 6.07) is 5.26. The van der Waals surface area contributed by atoms with E-state index in [0.29, 0.717) is 52.6 Å². The maximum absolute atomic E-state index is 13.1. The number of hydrogen-bond acceptors (Lipinski definition) is 6. The third kappa shape index (κ3) is 3.79. The van der Waals surface area contributed by atoms with Gasteiger partial charge in [0, 0.05) is 23.4 Å². The van der Waals surface area contributed by atoms with Gasteiger partial charge in [0.15, 0.2) is 5.78 Å². The monoisotopic (exact) mass is 432 g/mol. The van der Waals surface area contributed by atoms with Gasteiger partial charge in [0.1, 0.15) is 12.4 Å². The van der Waals surface area contributed by atoms with E-state index in [1.807, 2.05) is 20.8 Å². The first-order valence-electron chi connectivity index (χ1n) is 8.60. The number of aromatic nitrogens is 5. The SMILES string of the molecule is CCn1nnc(-c2[nH]c(C)c(C(=O)c3ccc(OCCN)c(Br)c3)c2C)n1. The number of ketones is 1. The van der Waals surface area contributed by atoms with Crippen LogP contribution in [0.5, 0.6) is 5.75 Å². The second-order valence-electron chi connectivity index (χ2n) is 6.04. The van der Waals surface area contributed by atoms with Crippen molar-refractivity contribution in [3.05, 3.63) is 45.1 Å². The predicted octanol–water partition coefficient (Wildman–Crippen LogP) is 2.64. The van der Waals surface area contributed by atoms with E-state index in [-0.39, 0.29) is 5.78 Å². The van der Waals surface area contributed by atoms with Gasteiger partial charge >= 0.3 is 0 Å². The molecule has 9 heteroatoms. The van der Waals surface area contributed by atoms with Crippen molar-refractivity contribution in [3.8, 4) is 17.3 Å². The maximum Gasteiger partial charge on any atom is 0.221 e. The van der Waals surface area contributed by atoms with E-state index in [1.165, 1.54) is 4.80 Å². The van der Waals surface area contributed by atoms with Crippen LogP contribution < -0.4 is 10.5 Å². The molecule has 0 radical (unpaired) electrons. The van der Waals surface area contributed by atoms with Crippen molar-refractivity contribution in [2.24, 2.45) is 5.73 Å². The molecule has 2 heterocycles. The van der Waals surface area contributed by atoms with Gasteiger partial charge in [0.05, 0.1) is 16.7 Å². The van der Waals surface area contributed by atoms with Crippen LogP contribution in [0, 0.1) is 13.8 Å². The number of benzene rings is 1. The van der Waals surface area contributed by atoms with Crippen LogP contribution in [0.3, 0.4) is 0 Å². The van der Waals surface area contributed by atoms with Gasteiger partial charge in [-0.25, -0.2) is 0 Å². The Hall–Kier alpha value is -2.52. The first kappa shape index (κ1) is 19.2. The molecule has 27 heavy (non-hydrogen) atoms. The Morgan fingerprint density at radius 1 is 1.37 bits per heavy atom. The Bertz CT molecular complexity index is 978. The standard InChI is InChI=1S/C18H21BrN6O2/c1-4-25-23-18(22-24-25)16-10(2)15(11(3)21-16)17(26)12-5-6-14(13(19)9-12)27-8-7-20/h5-6,9,21H,4,7-8,20H2,1-3H3. The maximum atomic E-state index is 13.1. The van der Waals surface area contributed by atoms with Crippen molar-refractivity contribution in [1.82, 2.24) is 25.2 Å². The Labute approximate surface area is 165 Å². The van der Waals surface area contributed by atoms with Crippen LogP contribution in [-0.4, -0.2) is 44.1 Å². The summed E-state index contributed by atoms with van der Waals surface area (Å²) < 4.78 is 6.24. The molecule has 3 rings (SSSR count). The van der Waals surface area contributed by atoms with Crippen LogP contribution in [-0.2, 0) is 6.54 Å². The summed E-state index contributed by atoms with van der Waals surface area (Å²) in [5, 5.41) is 12.4. The molecule has 3 N–H and O–H groups in total. The quantitative estimate of drug-likeness (QED) is 0.554. The van der Waals surface area contributed by atoms with E-state index < -0.39 is 0 Å². The molecule has 0 aliphatic carbocycles. The largest absolute Gasteiger partial charge is 0.491 e. The first-order chi connectivity index (χ1) is 13.0. The number of carbonyl (C=O) groups excluding carboxylic acids is 1. The third-order valence-corrected chi connectivity index (χ3v) is 4.81. The highest BCUT2D eigenvalue weighted by atomic mass is 79.9. The molecule has 0 atom stereocenters. The number of nitrogens with two attached hydrogens (primary N) is 1. The Morgan fingerprint density at radius 3 is 2.78 bits per heavy atom. The highest BCUT2D eigenvalue weighted by molar-refractivity contribution is 9.10. The second kappa shape index (κ2) is 8.01. The summed E-state index contributed by atoms with van der Waals surface area (Å²) in [5.41, 5.74) is 8.90. The molecule has 0 fully saturated rings. The van der Waals surface area contributed by atoms with Crippen LogP contribution in [0.1, 0.15) is 34.1 Å². The van der Waals surface area contributed by atoms with Gasteiger partial charge in [-0.2, -0.15) is 4.80 Å². The summed E-state index contributed by atoms with van der Waals surface area (Å²) in [5.74, 6) is 1.05. The van der Waals surface area contributed by atoms with Crippen molar-refractivity contribution in [1.29, 1.82) is 0 Å². The molecule has 3 aromatic rings. The van der Waals surface area contributed by atoms with Crippen molar-refractivity contribution >= 4 is 21.7 Å². The summed E-state index contributed by atoms with van der Waals surface area (Å²) in [4.78, 5) is 17.8. The molecule has 0 saturated heterocycles. The zero-order valence-corrected chi connectivity index (χ0v) is 17.0. The zero-order valence-electron chi connectivity index (χ0n) is 15.4. The highest BCUT2D eigenvalue weighted by Crippen LogP contribution is 2.30. The third-order valence-electron chi connectivity index (χ3n) is 4.19. The van der Waals surface area contributed by atoms with Crippen molar-refractivity contribution in [2.45, 2.75) is 27.3 Å². The van der Waals surface area contributed by atoms with Crippen LogP contribution in [0.15, 0.2) is 22.7 Å². The van der Waals surface area contributed by atoms with Gasteiger partial charge in [-0.15, -0.1) is 10.2 Å². The van der Waals surface area contributed by atoms with Crippen LogP contribution >= 0.6 is 15.9 Å². The molecule has 0 aliphatic heterocycles. The fraction of sp³-hybridized carbons (Fsp3) is 0.333. The molecule has 142 valence electrons. The molecule has 2 aromatic heterocycles. The highest BCUT2D eigenvalue weighted by Gasteiger charge is 2.23. The number of nitrogens with one attached hydrogen (secondary N) is 1. The fourth-order valence-electron chi connectivity index (χ4n) is 2.86. The van der Waals surface area contributed by atoms with E-state index in [0.717, 1.165) is 11.3 Å². The van der Waals surface area contributed by atoms with Crippen molar-refractivity contribution < 1.29 is 9.53 Å². The number of halogens is 1. The van der Waals surface area contributed by atoms with Crippen LogP contribution in [0.2, 0.25) is 0 Å². The number of aryl methyl sites for hydroxylation is 2. The molecule has 8 nitrogen and oxygen atoms in total. The molecule has 1 aromatic carbocycles. The number of H-pyrrole nitrogens is 1. The van der Waals surface area contributed by atoms with Gasteiger partial charge in [-0.05, 0) is 65.7 Å². The lowest BCUT2D eigenvalue weighted by Gasteiger charge is -2.09. The molecule has 0 aliphatic rings. The molecule has 0 unspecified atom stereocenters. The Kier molecular flexibility index (Phi) is 5.71. The summed E-state index contributed by atoms with van der Waals surface area (Å²) in [6.45, 7) is 7.15. The minimum Gasteiger partial charge on any atom is -0.491 e. The molecule has 0 saturated carbocycles. The smallest absolute Gasteiger partial charge is 0.221 e. The van der Waals surface area contributed by atoms with Gasteiger partial charge < -0.3 is 15.5 Å². The van der Waals surface area contributed by atoms with Crippen LogP contribution in [0.25, 0.3) is 11.5 Å². The predicted molar refractivity (Wildman–Crippen MR) is 105 cm³/mol. The Morgan fingerprint density at radius 2 is 2.15 bits per heavy atom. The average molecular weight is 433 g/mol. The van der Waals surface area contributed by atoms with Crippen LogP contribution in [0.4, 0.5) is 0 Å². The van der Waals surface area contributed by atoms with E-state index >= 15 is 0 Å². The fourth-order valence-corrected chi connectivity index (χ4v) is 3.36. The van der Waals surface area contributed by atoms with Gasteiger partial charge in [0.25, 0.3) is 0 Å².